The van der Waals surface area contributed by atoms with Crippen LogP contribution in [0.5, 0.6) is 0 Å². The van der Waals surface area contributed by atoms with Gasteiger partial charge in [0.25, 0.3) is 0 Å². The molecule has 0 saturated carbocycles. The summed E-state index contributed by atoms with van der Waals surface area (Å²) in [5.41, 5.74) is 6.08. The number of hydrogen-bond acceptors (Lipinski definition) is 3. The second-order valence-electron chi connectivity index (χ2n) is 4.10. The maximum absolute atomic E-state index is 12.0. The topological polar surface area (TPSA) is 89.3 Å². The van der Waals surface area contributed by atoms with E-state index in [2.05, 4.69) is 4.72 Å². The maximum Gasteiger partial charge on any atom is 0.249 e. The zero-order chi connectivity index (χ0) is 14.5. The van der Waals surface area contributed by atoms with Gasteiger partial charge in [-0.1, -0.05) is 18.2 Å². The molecule has 0 unspecified atom stereocenters. The molecular weight excluding hydrogens is 264 g/mol. The molecule has 0 fully saturated rings. The lowest BCUT2D eigenvalue weighted by molar-refractivity contribution is 0.0999. The van der Waals surface area contributed by atoms with Gasteiger partial charge in [0.2, 0.25) is 15.9 Å². The Morgan fingerprint density at radius 1 is 1.42 bits per heavy atom. The third-order valence-corrected chi connectivity index (χ3v) is 4.08. The van der Waals surface area contributed by atoms with Gasteiger partial charge < -0.3 is 5.73 Å². The van der Waals surface area contributed by atoms with E-state index in [1.54, 1.807) is 13.0 Å². The van der Waals surface area contributed by atoms with Crippen molar-refractivity contribution in [2.24, 2.45) is 5.73 Å². The minimum absolute atomic E-state index is 0.0485. The summed E-state index contributed by atoms with van der Waals surface area (Å²) >= 11 is 0. The van der Waals surface area contributed by atoms with Crippen LogP contribution in [0.15, 0.2) is 35.2 Å². The molecule has 3 N–H and O–H groups in total. The van der Waals surface area contributed by atoms with Gasteiger partial charge in [0.1, 0.15) is 0 Å². The average molecular weight is 282 g/mol. The smallest absolute Gasteiger partial charge is 0.249 e. The van der Waals surface area contributed by atoms with E-state index in [0.29, 0.717) is 18.5 Å². The fourth-order valence-electron chi connectivity index (χ4n) is 1.56. The van der Waals surface area contributed by atoms with Gasteiger partial charge in [-0.2, -0.15) is 0 Å². The highest BCUT2D eigenvalue weighted by Crippen LogP contribution is 2.15. The number of carbonyl (C=O) groups excluding carboxylic acids is 1. The first-order valence-corrected chi connectivity index (χ1v) is 7.38. The maximum atomic E-state index is 12.0. The number of sulfonamides is 1. The van der Waals surface area contributed by atoms with E-state index in [9.17, 15) is 13.2 Å². The van der Waals surface area contributed by atoms with E-state index in [-0.39, 0.29) is 10.5 Å². The van der Waals surface area contributed by atoms with Crippen LogP contribution in [0.1, 0.15) is 29.3 Å². The Morgan fingerprint density at radius 3 is 2.68 bits per heavy atom. The van der Waals surface area contributed by atoms with Gasteiger partial charge in [0.15, 0.2) is 0 Å². The van der Waals surface area contributed by atoms with Crippen molar-refractivity contribution in [3.05, 3.63) is 41.5 Å². The molecule has 5 nitrogen and oxygen atoms in total. The van der Waals surface area contributed by atoms with Crippen molar-refractivity contribution in [2.75, 3.05) is 6.54 Å². The number of aryl methyl sites for hydroxylation is 1. The summed E-state index contributed by atoms with van der Waals surface area (Å²) in [5.74, 6) is -0.636. The molecule has 0 radical (unpaired) electrons. The Kier molecular flexibility index (Phi) is 5.26. The largest absolute Gasteiger partial charge is 0.366 e. The van der Waals surface area contributed by atoms with Gasteiger partial charge in [-0.3, -0.25) is 4.79 Å². The van der Waals surface area contributed by atoms with E-state index in [1.165, 1.54) is 12.1 Å². The van der Waals surface area contributed by atoms with Gasteiger partial charge in [0, 0.05) is 12.1 Å². The minimum Gasteiger partial charge on any atom is -0.366 e. The molecule has 1 rings (SSSR count). The van der Waals surface area contributed by atoms with Crippen LogP contribution in [0, 0.1) is 6.92 Å². The predicted molar refractivity (Wildman–Crippen MR) is 74.3 cm³/mol. The van der Waals surface area contributed by atoms with E-state index in [0.717, 1.165) is 0 Å². The molecular formula is C13H18N2O3S. The molecule has 0 bridgehead atoms. The van der Waals surface area contributed by atoms with Crippen molar-refractivity contribution in [3.8, 4) is 0 Å². The molecule has 0 heterocycles. The highest BCUT2D eigenvalue weighted by molar-refractivity contribution is 7.89. The van der Waals surface area contributed by atoms with Crippen LogP contribution in [0.3, 0.4) is 0 Å². The lowest BCUT2D eigenvalue weighted by Crippen LogP contribution is -2.25. The molecule has 104 valence electrons. The first-order valence-electron chi connectivity index (χ1n) is 5.89. The lowest BCUT2D eigenvalue weighted by Gasteiger charge is -2.08. The van der Waals surface area contributed by atoms with Crippen LogP contribution in [0.2, 0.25) is 0 Å². The minimum atomic E-state index is -3.61. The third kappa shape index (κ3) is 4.18. The molecule has 0 aliphatic heterocycles. The summed E-state index contributed by atoms with van der Waals surface area (Å²) < 4.78 is 26.5. The summed E-state index contributed by atoms with van der Waals surface area (Å²) in [4.78, 5) is 11.2. The number of allylic oxidation sites excluding steroid dienone is 1. The Bertz CT molecular complexity index is 592. The van der Waals surface area contributed by atoms with Crippen molar-refractivity contribution >= 4 is 15.9 Å². The molecule has 0 atom stereocenters. The average Bonchev–Trinajstić information content (AvgIpc) is 2.34. The number of nitrogens with two attached hydrogens (primary N) is 1. The van der Waals surface area contributed by atoms with Crippen LogP contribution < -0.4 is 10.5 Å². The van der Waals surface area contributed by atoms with Crippen LogP contribution in [0.4, 0.5) is 0 Å². The number of carbonyl (C=O) groups is 1. The summed E-state index contributed by atoms with van der Waals surface area (Å²) in [6, 6.07) is 4.33. The van der Waals surface area contributed by atoms with Crippen molar-refractivity contribution in [2.45, 2.75) is 25.2 Å². The first-order chi connectivity index (χ1) is 8.88. The Morgan fingerprint density at radius 2 is 2.11 bits per heavy atom. The van der Waals surface area contributed by atoms with Crippen LogP contribution in [-0.2, 0) is 10.0 Å². The highest BCUT2D eigenvalue weighted by atomic mass is 32.2. The van der Waals surface area contributed by atoms with Gasteiger partial charge >= 0.3 is 0 Å². The summed E-state index contributed by atoms with van der Waals surface area (Å²) in [6.45, 7) is 3.88. The molecule has 19 heavy (non-hydrogen) atoms. The van der Waals surface area contributed by atoms with E-state index >= 15 is 0 Å². The lowest BCUT2D eigenvalue weighted by atomic mass is 10.1. The van der Waals surface area contributed by atoms with Gasteiger partial charge in [0.05, 0.1) is 4.90 Å². The fraction of sp³-hybridized carbons (Fsp3) is 0.308. The van der Waals surface area contributed by atoms with E-state index in [4.69, 9.17) is 5.73 Å². The number of benzene rings is 1. The van der Waals surface area contributed by atoms with E-state index < -0.39 is 15.9 Å². The molecule has 0 spiro atoms. The zero-order valence-corrected chi connectivity index (χ0v) is 11.8. The monoisotopic (exact) mass is 282 g/mol. The van der Waals surface area contributed by atoms with Gasteiger partial charge in [-0.15, -0.1) is 0 Å². The Balaban J connectivity index is 2.95. The van der Waals surface area contributed by atoms with Gasteiger partial charge in [-0.05, 0) is 38.0 Å². The second-order valence-corrected chi connectivity index (χ2v) is 5.86. The molecule has 0 saturated heterocycles. The van der Waals surface area contributed by atoms with Crippen molar-refractivity contribution in [1.82, 2.24) is 4.72 Å². The van der Waals surface area contributed by atoms with Crippen molar-refractivity contribution < 1.29 is 13.2 Å². The second kappa shape index (κ2) is 6.49. The van der Waals surface area contributed by atoms with Crippen molar-refractivity contribution in [3.63, 3.8) is 0 Å². The van der Waals surface area contributed by atoms with Crippen LogP contribution >= 0.6 is 0 Å². The summed E-state index contributed by atoms with van der Waals surface area (Å²) in [6.07, 6.45) is 4.34. The van der Waals surface area contributed by atoms with Crippen LogP contribution in [-0.4, -0.2) is 20.9 Å². The molecule has 6 heteroatoms. The third-order valence-electron chi connectivity index (χ3n) is 2.62. The van der Waals surface area contributed by atoms with Crippen molar-refractivity contribution in [1.29, 1.82) is 0 Å². The SMILES string of the molecule is C/C=C/CCNS(=O)(=O)c1ccc(C)c(C(N)=O)c1. The number of primary amides is 1. The zero-order valence-electron chi connectivity index (χ0n) is 11.0. The molecule has 0 aliphatic carbocycles. The molecule has 0 aliphatic rings. The van der Waals surface area contributed by atoms with Gasteiger partial charge in [-0.25, -0.2) is 13.1 Å². The number of nitrogens with one attached hydrogen (secondary N) is 1. The quantitative estimate of drug-likeness (QED) is 0.609. The van der Waals surface area contributed by atoms with Crippen LogP contribution in [0.25, 0.3) is 0 Å². The normalized spacial score (nSPS) is 11.9. The number of amides is 1. The molecule has 1 aromatic rings. The predicted octanol–water partition coefficient (Wildman–Crippen LogP) is 1.34. The van der Waals surface area contributed by atoms with E-state index in [1.807, 2.05) is 19.1 Å². The fourth-order valence-corrected chi connectivity index (χ4v) is 2.63. The number of hydrogen-bond donors (Lipinski definition) is 2. The molecule has 1 aromatic carbocycles. The first kappa shape index (κ1) is 15.4. The highest BCUT2D eigenvalue weighted by Gasteiger charge is 2.16. The molecule has 0 aromatic heterocycles. The summed E-state index contributed by atoms with van der Waals surface area (Å²) in [5, 5.41) is 0. The Hall–Kier alpha value is -1.66. The summed E-state index contributed by atoms with van der Waals surface area (Å²) in [7, 11) is -3.61. The Labute approximate surface area is 113 Å². The standard InChI is InChI=1S/C13H18N2O3S/c1-3-4-5-8-15-19(17,18)11-7-6-10(2)12(9-11)13(14)16/h3-4,6-7,9,15H,5,8H2,1-2H3,(H2,14,16)/b4-3+. The number of rotatable bonds is 6. The molecule has 1 amide bonds.